The molecule has 0 unspecified atom stereocenters. The minimum Gasteiger partial charge on any atom is -0.356 e. The van der Waals surface area contributed by atoms with Gasteiger partial charge in [-0.15, -0.1) is 0 Å². The Hall–Kier alpha value is -1.18. The summed E-state index contributed by atoms with van der Waals surface area (Å²) in [7, 11) is 0. The Morgan fingerprint density at radius 3 is 1.42 bits per heavy atom. The van der Waals surface area contributed by atoms with Crippen molar-refractivity contribution in [1.82, 2.24) is 10.6 Å². The van der Waals surface area contributed by atoms with Crippen LogP contribution in [0.15, 0.2) is 0 Å². The van der Waals surface area contributed by atoms with Gasteiger partial charge in [-0.1, -0.05) is 25.7 Å². The molecule has 0 atom stereocenters. The van der Waals surface area contributed by atoms with Gasteiger partial charge in [-0.25, -0.2) is 0 Å². The number of carbonyl (C=O) groups excluding carboxylic acids is 2. The lowest BCUT2D eigenvalue weighted by Crippen LogP contribution is -2.36. The normalized spacial score (nSPS) is 10.8. The van der Waals surface area contributed by atoms with E-state index in [-0.39, 0.29) is 24.7 Å². The summed E-state index contributed by atoms with van der Waals surface area (Å²) in [6, 6.07) is -0.431. The maximum Gasteiger partial charge on any atom is 0.221 e. The molecule has 0 fully saturated rings. The highest BCUT2D eigenvalue weighted by atomic mass is 16.2. The number of hydrogen-bond acceptors (Lipinski definition) is 5. The van der Waals surface area contributed by atoms with Gasteiger partial charge in [-0.3, -0.25) is 9.59 Å². The van der Waals surface area contributed by atoms with Crippen molar-refractivity contribution in [2.75, 3.05) is 26.2 Å². The van der Waals surface area contributed by atoms with Crippen molar-refractivity contribution in [2.24, 2.45) is 17.2 Å². The molecule has 0 saturated carbocycles. The van der Waals surface area contributed by atoms with E-state index in [1.807, 2.05) is 0 Å². The molecule has 0 aliphatic heterocycles. The van der Waals surface area contributed by atoms with E-state index in [2.05, 4.69) is 10.6 Å². The van der Waals surface area contributed by atoms with Gasteiger partial charge in [0.15, 0.2) is 0 Å². The van der Waals surface area contributed by atoms with Gasteiger partial charge in [-0.05, 0) is 38.8 Å². The minimum absolute atomic E-state index is 0.0871. The zero-order chi connectivity index (χ0) is 18.0. The molecule has 24 heavy (non-hydrogen) atoms. The minimum atomic E-state index is -0.431. The number of unbranched alkanes of at least 4 members (excludes halogenated alkanes) is 6. The molecule has 0 aliphatic carbocycles. The van der Waals surface area contributed by atoms with Crippen molar-refractivity contribution in [3.05, 3.63) is 0 Å². The fourth-order valence-corrected chi connectivity index (χ4v) is 2.39. The van der Waals surface area contributed by atoms with Gasteiger partial charge in [-0.2, -0.15) is 0 Å². The highest BCUT2D eigenvalue weighted by Gasteiger charge is 2.13. The number of rotatable bonds is 16. The van der Waals surface area contributed by atoms with Crippen molar-refractivity contribution < 1.29 is 9.59 Å². The monoisotopic (exact) mass is 343 g/mol. The summed E-state index contributed by atoms with van der Waals surface area (Å²) < 4.78 is 0. The van der Waals surface area contributed by atoms with Gasteiger partial charge in [0.05, 0.1) is 0 Å². The summed E-state index contributed by atoms with van der Waals surface area (Å²) in [6.07, 6.45) is 8.66. The largest absolute Gasteiger partial charge is 0.356 e. The summed E-state index contributed by atoms with van der Waals surface area (Å²) >= 11 is 0. The van der Waals surface area contributed by atoms with Crippen molar-refractivity contribution >= 4 is 11.8 Å². The van der Waals surface area contributed by atoms with Crippen LogP contribution >= 0.6 is 0 Å². The Bertz CT molecular complexity index is 296. The lowest BCUT2D eigenvalue weighted by molar-refractivity contribution is -0.122. The zero-order valence-electron chi connectivity index (χ0n) is 15.0. The van der Waals surface area contributed by atoms with Gasteiger partial charge < -0.3 is 27.8 Å². The second-order valence-corrected chi connectivity index (χ2v) is 6.27. The molecular weight excluding hydrogens is 306 g/mol. The van der Waals surface area contributed by atoms with Gasteiger partial charge in [0.1, 0.15) is 0 Å². The van der Waals surface area contributed by atoms with Crippen LogP contribution in [0, 0.1) is 0 Å². The average Bonchev–Trinajstić information content (AvgIpc) is 2.53. The Kier molecular flexibility index (Phi) is 15.9. The van der Waals surface area contributed by atoms with E-state index < -0.39 is 6.04 Å². The van der Waals surface area contributed by atoms with E-state index in [1.165, 1.54) is 0 Å². The van der Waals surface area contributed by atoms with Crippen LogP contribution in [0.25, 0.3) is 0 Å². The first kappa shape index (κ1) is 22.8. The van der Waals surface area contributed by atoms with Crippen LogP contribution in [0.1, 0.15) is 64.2 Å². The lowest BCUT2D eigenvalue weighted by atomic mass is 10.1. The second kappa shape index (κ2) is 16.7. The van der Waals surface area contributed by atoms with E-state index in [0.717, 1.165) is 64.5 Å². The molecule has 142 valence electrons. The maximum absolute atomic E-state index is 11.7. The number of hydrogen-bond donors (Lipinski definition) is 5. The quantitative estimate of drug-likeness (QED) is 0.258. The molecule has 0 aromatic heterocycles. The predicted molar refractivity (Wildman–Crippen MR) is 98.3 cm³/mol. The van der Waals surface area contributed by atoms with Crippen LogP contribution in [-0.2, 0) is 9.59 Å². The molecule has 8 N–H and O–H groups in total. The molecule has 0 aliphatic rings. The summed E-state index contributed by atoms with van der Waals surface area (Å²) in [5.41, 5.74) is 16.7. The summed E-state index contributed by atoms with van der Waals surface area (Å²) in [4.78, 5) is 23.5. The van der Waals surface area contributed by atoms with Crippen molar-refractivity contribution in [3.63, 3.8) is 0 Å². The topological polar surface area (TPSA) is 136 Å². The lowest BCUT2D eigenvalue weighted by Gasteiger charge is -2.12. The van der Waals surface area contributed by atoms with Gasteiger partial charge >= 0.3 is 0 Å². The van der Waals surface area contributed by atoms with Crippen LogP contribution in [0.5, 0.6) is 0 Å². The highest BCUT2D eigenvalue weighted by Crippen LogP contribution is 2.00. The fraction of sp³-hybridized carbons (Fsp3) is 0.882. The van der Waals surface area contributed by atoms with Crippen LogP contribution in [0.4, 0.5) is 0 Å². The number of amides is 2. The molecule has 0 heterocycles. The molecule has 0 bridgehead atoms. The summed E-state index contributed by atoms with van der Waals surface area (Å²) in [6.45, 7) is 2.75. The molecular formula is C17H37N5O2. The third-order valence-electron chi connectivity index (χ3n) is 3.80. The van der Waals surface area contributed by atoms with Crippen LogP contribution < -0.4 is 27.8 Å². The fourth-order valence-electron chi connectivity index (χ4n) is 2.39. The third kappa shape index (κ3) is 15.7. The van der Waals surface area contributed by atoms with Crippen LogP contribution in [-0.4, -0.2) is 44.0 Å². The Labute approximate surface area is 146 Å². The van der Waals surface area contributed by atoms with Crippen molar-refractivity contribution in [2.45, 2.75) is 70.3 Å². The second-order valence-electron chi connectivity index (χ2n) is 6.27. The maximum atomic E-state index is 11.7. The third-order valence-corrected chi connectivity index (χ3v) is 3.80. The SMILES string of the molecule is NCCCCCCNC(=O)CC(N)CC(=O)NCCCCCCN. The van der Waals surface area contributed by atoms with E-state index in [1.54, 1.807) is 0 Å². The van der Waals surface area contributed by atoms with Gasteiger partial charge in [0, 0.05) is 32.0 Å². The number of nitrogens with one attached hydrogen (secondary N) is 2. The van der Waals surface area contributed by atoms with Gasteiger partial charge in [0.2, 0.25) is 11.8 Å². The van der Waals surface area contributed by atoms with E-state index in [4.69, 9.17) is 17.2 Å². The Morgan fingerprint density at radius 1 is 0.667 bits per heavy atom. The van der Waals surface area contributed by atoms with E-state index in [9.17, 15) is 9.59 Å². The Balaban J connectivity index is 3.56. The molecule has 0 aromatic carbocycles. The molecule has 7 heteroatoms. The number of carbonyl (C=O) groups is 2. The first-order chi connectivity index (χ1) is 11.6. The van der Waals surface area contributed by atoms with Crippen molar-refractivity contribution in [3.8, 4) is 0 Å². The zero-order valence-corrected chi connectivity index (χ0v) is 15.0. The smallest absolute Gasteiger partial charge is 0.221 e. The first-order valence-corrected chi connectivity index (χ1v) is 9.29. The molecule has 7 nitrogen and oxygen atoms in total. The van der Waals surface area contributed by atoms with E-state index >= 15 is 0 Å². The van der Waals surface area contributed by atoms with Crippen LogP contribution in [0.2, 0.25) is 0 Å². The van der Waals surface area contributed by atoms with Gasteiger partial charge in [0.25, 0.3) is 0 Å². The molecule has 0 rings (SSSR count). The number of nitrogens with two attached hydrogens (primary N) is 3. The average molecular weight is 344 g/mol. The summed E-state index contributed by atoms with van der Waals surface area (Å²) in [5, 5.41) is 5.69. The molecule has 0 aromatic rings. The molecule has 0 spiro atoms. The van der Waals surface area contributed by atoms with E-state index in [0.29, 0.717) is 13.1 Å². The highest BCUT2D eigenvalue weighted by molar-refractivity contribution is 5.80. The molecule has 2 amide bonds. The predicted octanol–water partition coefficient (Wildman–Crippen LogP) is 0.365. The standard InChI is InChI=1S/C17H37N5O2/c18-9-5-1-3-7-11-21-16(23)13-15(20)14-17(24)22-12-8-4-2-6-10-19/h15H,1-14,18-20H2,(H,21,23)(H,22,24). The molecule has 0 radical (unpaired) electrons. The summed E-state index contributed by atoms with van der Waals surface area (Å²) in [5.74, 6) is -0.174. The van der Waals surface area contributed by atoms with Crippen LogP contribution in [0.3, 0.4) is 0 Å². The van der Waals surface area contributed by atoms with Crippen molar-refractivity contribution in [1.29, 1.82) is 0 Å². The molecule has 0 saturated heterocycles. The Morgan fingerprint density at radius 2 is 1.04 bits per heavy atom. The first-order valence-electron chi connectivity index (χ1n) is 9.29.